The lowest BCUT2D eigenvalue weighted by atomic mass is 10.2. The van der Waals surface area contributed by atoms with Gasteiger partial charge in [-0.25, -0.2) is 0 Å². The van der Waals surface area contributed by atoms with Crippen molar-refractivity contribution in [1.82, 2.24) is 0 Å². The molecule has 0 fully saturated rings. The standard InChI is InChI=1S/C13H22N2S/c1-4-9-14-11-7-5-6-8-12(11)15-10-13(2,3)16/h5-8,14-16H,4,9-10H2,1-3H3. The van der Waals surface area contributed by atoms with E-state index < -0.39 is 0 Å². The van der Waals surface area contributed by atoms with E-state index in [2.05, 4.69) is 62.2 Å². The lowest BCUT2D eigenvalue weighted by Gasteiger charge is -2.20. The van der Waals surface area contributed by atoms with Gasteiger partial charge in [-0.1, -0.05) is 19.1 Å². The van der Waals surface area contributed by atoms with Gasteiger partial charge in [0.25, 0.3) is 0 Å². The molecule has 0 radical (unpaired) electrons. The maximum absolute atomic E-state index is 4.51. The average Bonchev–Trinajstić information content (AvgIpc) is 2.23. The number of hydrogen-bond acceptors (Lipinski definition) is 3. The van der Waals surface area contributed by atoms with Crippen LogP contribution >= 0.6 is 12.6 Å². The minimum absolute atomic E-state index is 0.00212. The zero-order valence-corrected chi connectivity index (χ0v) is 11.3. The molecule has 0 saturated carbocycles. The molecule has 0 aliphatic heterocycles. The molecule has 2 N–H and O–H groups in total. The molecule has 0 aliphatic carbocycles. The van der Waals surface area contributed by atoms with Crippen molar-refractivity contribution in [3.63, 3.8) is 0 Å². The van der Waals surface area contributed by atoms with Gasteiger partial charge in [0, 0.05) is 17.8 Å². The third-order valence-corrected chi connectivity index (χ3v) is 2.36. The van der Waals surface area contributed by atoms with E-state index in [1.54, 1.807) is 0 Å². The molecule has 0 spiro atoms. The number of nitrogens with one attached hydrogen (secondary N) is 2. The number of benzene rings is 1. The van der Waals surface area contributed by atoms with Crippen molar-refractivity contribution < 1.29 is 0 Å². The normalized spacial score (nSPS) is 11.2. The summed E-state index contributed by atoms with van der Waals surface area (Å²) in [4.78, 5) is 0. The molecule has 0 aromatic heterocycles. The molecule has 1 aromatic carbocycles. The van der Waals surface area contributed by atoms with Crippen LogP contribution in [-0.4, -0.2) is 17.8 Å². The first-order valence-electron chi connectivity index (χ1n) is 5.82. The first-order valence-corrected chi connectivity index (χ1v) is 6.27. The van der Waals surface area contributed by atoms with Crippen LogP contribution in [0.5, 0.6) is 0 Å². The highest BCUT2D eigenvalue weighted by molar-refractivity contribution is 7.81. The molecular weight excluding hydrogens is 216 g/mol. The number of anilines is 2. The molecule has 0 heterocycles. The van der Waals surface area contributed by atoms with Crippen LogP contribution < -0.4 is 10.6 Å². The summed E-state index contributed by atoms with van der Waals surface area (Å²) in [5, 5.41) is 6.83. The van der Waals surface area contributed by atoms with Gasteiger partial charge in [-0.3, -0.25) is 0 Å². The molecule has 1 rings (SSSR count). The van der Waals surface area contributed by atoms with Crippen LogP contribution in [0.1, 0.15) is 27.2 Å². The summed E-state index contributed by atoms with van der Waals surface area (Å²) in [5.74, 6) is 0. The van der Waals surface area contributed by atoms with Crippen LogP contribution in [0.4, 0.5) is 11.4 Å². The van der Waals surface area contributed by atoms with Crippen LogP contribution in [0.2, 0.25) is 0 Å². The summed E-state index contributed by atoms with van der Waals surface area (Å²) in [6, 6.07) is 8.29. The molecule has 90 valence electrons. The molecule has 1 aromatic rings. The minimum Gasteiger partial charge on any atom is -0.383 e. The zero-order chi connectivity index (χ0) is 12.0. The molecule has 0 aliphatic rings. The minimum atomic E-state index is -0.00212. The van der Waals surface area contributed by atoms with E-state index in [0.717, 1.165) is 25.2 Å². The van der Waals surface area contributed by atoms with Crippen LogP contribution in [0, 0.1) is 0 Å². The van der Waals surface area contributed by atoms with Crippen molar-refractivity contribution in [3.05, 3.63) is 24.3 Å². The van der Waals surface area contributed by atoms with E-state index in [1.165, 1.54) is 5.69 Å². The van der Waals surface area contributed by atoms with Crippen molar-refractivity contribution in [2.24, 2.45) is 0 Å². The lowest BCUT2D eigenvalue weighted by molar-refractivity contribution is 0.758. The summed E-state index contributed by atoms with van der Waals surface area (Å²) in [7, 11) is 0. The Morgan fingerprint density at radius 3 is 2.19 bits per heavy atom. The van der Waals surface area contributed by atoms with Crippen molar-refractivity contribution in [1.29, 1.82) is 0 Å². The van der Waals surface area contributed by atoms with Gasteiger partial charge in [0.15, 0.2) is 0 Å². The number of rotatable bonds is 6. The fraction of sp³-hybridized carbons (Fsp3) is 0.538. The largest absolute Gasteiger partial charge is 0.383 e. The first-order chi connectivity index (χ1) is 7.53. The van der Waals surface area contributed by atoms with E-state index in [1.807, 2.05) is 6.07 Å². The third kappa shape index (κ3) is 4.79. The highest BCUT2D eigenvalue weighted by Gasteiger charge is 2.11. The predicted octanol–water partition coefficient (Wildman–Crippen LogP) is 3.63. The molecule has 0 unspecified atom stereocenters. The Kier molecular flexibility index (Phi) is 5.00. The van der Waals surface area contributed by atoms with Crippen molar-refractivity contribution in [3.8, 4) is 0 Å². The van der Waals surface area contributed by atoms with Gasteiger partial charge in [-0.05, 0) is 32.4 Å². The average molecular weight is 238 g/mol. The Labute approximate surface area is 104 Å². The Balaban J connectivity index is 2.63. The number of para-hydroxylation sites is 2. The van der Waals surface area contributed by atoms with Crippen LogP contribution in [0.15, 0.2) is 24.3 Å². The van der Waals surface area contributed by atoms with Crippen molar-refractivity contribution in [2.75, 3.05) is 23.7 Å². The van der Waals surface area contributed by atoms with E-state index in [-0.39, 0.29) is 4.75 Å². The van der Waals surface area contributed by atoms with Gasteiger partial charge in [0.05, 0.1) is 11.4 Å². The van der Waals surface area contributed by atoms with Crippen LogP contribution in [-0.2, 0) is 0 Å². The summed E-state index contributed by atoms with van der Waals surface area (Å²) >= 11 is 4.51. The molecule has 3 heteroatoms. The molecule has 2 nitrogen and oxygen atoms in total. The van der Waals surface area contributed by atoms with Gasteiger partial charge < -0.3 is 10.6 Å². The second-order valence-electron chi connectivity index (χ2n) is 4.64. The van der Waals surface area contributed by atoms with Gasteiger partial charge >= 0.3 is 0 Å². The molecule has 0 amide bonds. The van der Waals surface area contributed by atoms with Gasteiger partial charge in [0.2, 0.25) is 0 Å². The summed E-state index contributed by atoms with van der Waals surface area (Å²) in [6.45, 7) is 8.22. The second-order valence-corrected chi connectivity index (χ2v) is 5.85. The SMILES string of the molecule is CCCNc1ccccc1NCC(C)(C)S. The summed E-state index contributed by atoms with van der Waals surface area (Å²) in [5.41, 5.74) is 2.32. The number of thiol groups is 1. The highest BCUT2D eigenvalue weighted by Crippen LogP contribution is 2.22. The van der Waals surface area contributed by atoms with Crippen molar-refractivity contribution in [2.45, 2.75) is 31.9 Å². The van der Waals surface area contributed by atoms with Gasteiger partial charge in [-0.2, -0.15) is 12.6 Å². The molecule has 16 heavy (non-hydrogen) atoms. The molecular formula is C13H22N2S. The van der Waals surface area contributed by atoms with E-state index in [0.29, 0.717) is 0 Å². The first kappa shape index (κ1) is 13.2. The third-order valence-electron chi connectivity index (χ3n) is 2.20. The van der Waals surface area contributed by atoms with E-state index in [9.17, 15) is 0 Å². The van der Waals surface area contributed by atoms with E-state index in [4.69, 9.17) is 0 Å². The monoisotopic (exact) mass is 238 g/mol. The van der Waals surface area contributed by atoms with Crippen molar-refractivity contribution >= 4 is 24.0 Å². The smallest absolute Gasteiger partial charge is 0.0576 e. The topological polar surface area (TPSA) is 24.1 Å². The Morgan fingerprint density at radius 1 is 1.12 bits per heavy atom. The number of hydrogen-bond donors (Lipinski definition) is 3. The molecule has 0 atom stereocenters. The zero-order valence-electron chi connectivity index (χ0n) is 10.4. The maximum Gasteiger partial charge on any atom is 0.0576 e. The quantitative estimate of drug-likeness (QED) is 0.659. The van der Waals surface area contributed by atoms with Gasteiger partial charge in [-0.15, -0.1) is 0 Å². The Bertz CT molecular complexity index is 318. The van der Waals surface area contributed by atoms with E-state index >= 15 is 0 Å². The Morgan fingerprint density at radius 2 is 1.69 bits per heavy atom. The lowest BCUT2D eigenvalue weighted by Crippen LogP contribution is -2.23. The highest BCUT2D eigenvalue weighted by atomic mass is 32.1. The fourth-order valence-electron chi connectivity index (χ4n) is 1.36. The summed E-state index contributed by atoms with van der Waals surface area (Å²) in [6.07, 6.45) is 1.13. The Hall–Kier alpha value is -0.830. The summed E-state index contributed by atoms with van der Waals surface area (Å²) < 4.78 is -0.00212. The fourth-order valence-corrected chi connectivity index (χ4v) is 1.44. The second kappa shape index (κ2) is 6.04. The van der Waals surface area contributed by atoms with Crippen LogP contribution in [0.25, 0.3) is 0 Å². The predicted molar refractivity (Wildman–Crippen MR) is 76.8 cm³/mol. The van der Waals surface area contributed by atoms with Crippen LogP contribution in [0.3, 0.4) is 0 Å². The molecule has 0 bridgehead atoms. The molecule has 0 saturated heterocycles. The van der Waals surface area contributed by atoms with Gasteiger partial charge in [0.1, 0.15) is 0 Å². The maximum atomic E-state index is 4.51.